The van der Waals surface area contributed by atoms with E-state index in [-0.39, 0.29) is 29.7 Å². The molecule has 1 aliphatic carbocycles. The molecule has 2 amide bonds. The molecule has 0 radical (unpaired) electrons. The summed E-state index contributed by atoms with van der Waals surface area (Å²) in [6.07, 6.45) is 2.93. The van der Waals surface area contributed by atoms with Crippen LogP contribution in [0.2, 0.25) is 0 Å². The molecule has 1 aromatic heterocycles. The number of fused-ring (bicyclic) bond motifs is 1. The summed E-state index contributed by atoms with van der Waals surface area (Å²) in [4.78, 5) is 47.1. The monoisotopic (exact) mass is 537 g/mol. The van der Waals surface area contributed by atoms with Gasteiger partial charge in [0.05, 0.1) is 11.4 Å². The second-order valence-electron chi connectivity index (χ2n) is 10.5. The number of thiazole rings is 1. The fourth-order valence-corrected chi connectivity index (χ4v) is 6.29. The summed E-state index contributed by atoms with van der Waals surface area (Å²) >= 11 is 1.28. The Balaban J connectivity index is 1.57. The number of amides is 2. The van der Waals surface area contributed by atoms with Crippen LogP contribution in [-0.2, 0) is 33.6 Å². The molecule has 0 bridgehead atoms. The molecule has 1 fully saturated rings. The fraction of sp³-hybridized carbons (Fsp3) is 0.379. The van der Waals surface area contributed by atoms with Crippen LogP contribution in [0.1, 0.15) is 48.0 Å². The van der Waals surface area contributed by atoms with E-state index in [9.17, 15) is 18.8 Å². The third kappa shape index (κ3) is 5.12. The van der Waals surface area contributed by atoms with Crippen molar-refractivity contribution in [2.45, 2.75) is 57.7 Å². The molecule has 0 spiro atoms. The zero-order valence-electron chi connectivity index (χ0n) is 21.2. The lowest BCUT2D eigenvalue weighted by atomic mass is 9.86. The van der Waals surface area contributed by atoms with Crippen molar-refractivity contribution in [2.24, 2.45) is 11.8 Å². The molecular formula is C29H29F2N3O3S. The molecule has 38 heavy (non-hydrogen) atoms. The number of halogens is 2. The lowest BCUT2D eigenvalue weighted by molar-refractivity contribution is -0.157. The van der Waals surface area contributed by atoms with Gasteiger partial charge in [-0.25, -0.2) is 13.8 Å². The quantitative estimate of drug-likeness (QED) is 0.461. The second-order valence-corrected chi connectivity index (χ2v) is 11.4. The van der Waals surface area contributed by atoms with Crippen molar-refractivity contribution in [3.63, 3.8) is 0 Å². The van der Waals surface area contributed by atoms with Gasteiger partial charge < -0.3 is 10.2 Å². The second kappa shape index (κ2) is 10.7. The Kier molecular flexibility index (Phi) is 7.38. The lowest BCUT2D eigenvalue weighted by Gasteiger charge is -2.45. The summed E-state index contributed by atoms with van der Waals surface area (Å²) in [5, 5.41) is 5.18. The molecule has 198 valence electrons. The van der Waals surface area contributed by atoms with Crippen molar-refractivity contribution in [3.05, 3.63) is 87.4 Å². The normalized spacial score (nSPS) is 20.5. The zero-order valence-corrected chi connectivity index (χ0v) is 22.0. The molecule has 2 heterocycles. The summed E-state index contributed by atoms with van der Waals surface area (Å²) in [6, 6.07) is 7.64. The summed E-state index contributed by atoms with van der Waals surface area (Å²) in [6.45, 7) is 3.83. The Morgan fingerprint density at radius 3 is 2.45 bits per heavy atom. The van der Waals surface area contributed by atoms with Crippen molar-refractivity contribution in [3.8, 4) is 0 Å². The van der Waals surface area contributed by atoms with Gasteiger partial charge in [-0.2, -0.15) is 0 Å². The number of rotatable bonds is 8. The van der Waals surface area contributed by atoms with Gasteiger partial charge in [-0.15, -0.1) is 11.3 Å². The Labute approximate surface area is 224 Å². The van der Waals surface area contributed by atoms with Crippen molar-refractivity contribution >= 4 is 28.9 Å². The van der Waals surface area contributed by atoms with Crippen LogP contribution in [0.5, 0.6) is 0 Å². The number of piperazine rings is 1. The van der Waals surface area contributed by atoms with E-state index in [0.717, 1.165) is 17.2 Å². The Morgan fingerprint density at radius 2 is 1.84 bits per heavy atom. The van der Waals surface area contributed by atoms with Gasteiger partial charge >= 0.3 is 0 Å². The highest BCUT2D eigenvalue weighted by Gasteiger charge is 2.49. The first-order chi connectivity index (χ1) is 18.2. The Morgan fingerprint density at radius 1 is 1.13 bits per heavy atom. The summed E-state index contributed by atoms with van der Waals surface area (Å²) in [5.41, 5.74) is 2.12. The Bertz CT molecular complexity index is 1340. The number of nitrogens with one attached hydrogen (secondary N) is 1. The lowest BCUT2D eigenvalue weighted by Crippen LogP contribution is -2.67. The highest BCUT2D eigenvalue weighted by molar-refractivity contribution is 7.09. The minimum Gasteiger partial charge on any atom is -0.342 e. The van der Waals surface area contributed by atoms with Gasteiger partial charge in [0.25, 0.3) is 0 Å². The van der Waals surface area contributed by atoms with Crippen LogP contribution in [0.15, 0.2) is 54.0 Å². The smallest absolute Gasteiger partial charge is 0.247 e. The van der Waals surface area contributed by atoms with Gasteiger partial charge in [0.15, 0.2) is 5.78 Å². The molecule has 0 unspecified atom stereocenters. The number of ketones is 1. The predicted molar refractivity (Wildman–Crippen MR) is 139 cm³/mol. The van der Waals surface area contributed by atoms with Crippen LogP contribution in [-0.4, -0.2) is 39.6 Å². The molecule has 1 N–H and O–H groups in total. The first-order valence-corrected chi connectivity index (χ1v) is 13.7. The van der Waals surface area contributed by atoms with Crippen LogP contribution in [0, 0.1) is 23.5 Å². The molecule has 1 aliphatic heterocycles. The summed E-state index contributed by atoms with van der Waals surface area (Å²) in [7, 11) is 0. The molecular weight excluding hydrogens is 508 g/mol. The van der Waals surface area contributed by atoms with E-state index >= 15 is 4.39 Å². The van der Waals surface area contributed by atoms with E-state index in [1.807, 2.05) is 38.1 Å². The van der Waals surface area contributed by atoms with E-state index in [1.54, 1.807) is 11.6 Å². The highest BCUT2D eigenvalue weighted by Crippen LogP contribution is 2.36. The number of Topliss-reactive ketones (excluding diaryl/α,β-unsaturated/α-hetero) is 1. The van der Waals surface area contributed by atoms with E-state index in [1.165, 1.54) is 22.3 Å². The minimum atomic E-state index is -1.40. The number of carbonyl (C=O) groups excluding carboxylic acids is 3. The molecule has 5 rings (SSSR count). The van der Waals surface area contributed by atoms with E-state index in [4.69, 9.17) is 0 Å². The molecule has 2 aliphatic rings. The molecule has 9 heteroatoms. The molecule has 3 atom stereocenters. The summed E-state index contributed by atoms with van der Waals surface area (Å²) < 4.78 is 29.1. The fourth-order valence-electron chi connectivity index (χ4n) is 5.66. The highest BCUT2D eigenvalue weighted by atomic mass is 32.1. The number of aromatic nitrogens is 1. The van der Waals surface area contributed by atoms with Crippen LogP contribution >= 0.6 is 11.3 Å². The molecule has 3 aromatic rings. The molecule has 2 aromatic carbocycles. The van der Waals surface area contributed by atoms with Crippen LogP contribution in [0.25, 0.3) is 0 Å². The number of hydrogen-bond acceptors (Lipinski definition) is 5. The number of hydrogen-bond donors (Lipinski definition) is 1. The number of benzene rings is 2. The average molecular weight is 538 g/mol. The maximum Gasteiger partial charge on any atom is 0.247 e. The third-order valence-corrected chi connectivity index (χ3v) is 8.13. The van der Waals surface area contributed by atoms with E-state index in [0.29, 0.717) is 30.3 Å². The predicted octanol–water partition coefficient (Wildman–Crippen LogP) is 4.43. The van der Waals surface area contributed by atoms with Crippen molar-refractivity contribution in [1.82, 2.24) is 15.2 Å². The third-order valence-electron chi connectivity index (χ3n) is 7.35. The van der Waals surface area contributed by atoms with Gasteiger partial charge in [-0.1, -0.05) is 44.2 Å². The maximum absolute atomic E-state index is 15.2. The van der Waals surface area contributed by atoms with Gasteiger partial charge in [0.1, 0.15) is 29.8 Å². The zero-order chi connectivity index (χ0) is 27.0. The maximum atomic E-state index is 15.2. The molecule has 1 saturated heterocycles. The van der Waals surface area contributed by atoms with Gasteiger partial charge in [0, 0.05) is 23.2 Å². The topological polar surface area (TPSA) is 79.4 Å². The van der Waals surface area contributed by atoms with E-state index < -0.39 is 41.5 Å². The SMILES string of the molecule is CC(C)C[C@@H]1C(=O)N[C@H](C2Cc3ccccc3C2)C(=O)N1[C@@H](C(=O)Cc1nccs1)c1ccc(F)cc1F. The standard InChI is InChI=1S/C29H29F2N3O3S/c1-16(2)11-23-28(36)33-26(19-12-17-5-3-4-6-18(17)13-19)29(37)34(23)27(21-8-7-20(30)14-22(21)31)24(35)15-25-32-9-10-38-25/h3-10,14,16,19,23,26-27H,11-13,15H2,1-2H3,(H,33,36)/t23-,26-,27-/m1/s1. The Hall–Kier alpha value is -3.46. The van der Waals surface area contributed by atoms with Crippen LogP contribution in [0.4, 0.5) is 8.78 Å². The van der Waals surface area contributed by atoms with Gasteiger partial charge in [-0.3, -0.25) is 14.4 Å². The largest absolute Gasteiger partial charge is 0.342 e. The van der Waals surface area contributed by atoms with Crippen LogP contribution in [0.3, 0.4) is 0 Å². The van der Waals surface area contributed by atoms with E-state index in [2.05, 4.69) is 10.3 Å². The summed E-state index contributed by atoms with van der Waals surface area (Å²) in [5.74, 6) is -3.17. The number of nitrogens with zero attached hydrogens (tertiary/aromatic N) is 2. The minimum absolute atomic E-state index is 0.0149. The first kappa shape index (κ1) is 26.2. The average Bonchev–Trinajstić information content (AvgIpc) is 3.53. The van der Waals surface area contributed by atoms with Gasteiger partial charge in [0.2, 0.25) is 11.8 Å². The van der Waals surface area contributed by atoms with Gasteiger partial charge in [-0.05, 0) is 48.3 Å². The molecule has 0 saturated carbocycles. The first-order valence-electron chi connectivity index (χ1n) is 12.8. The number of carbonyl (C=O) groups is 3. The molecule has 6 nitrogen and oxygen atoms in total. The van der Waals surface area contributed by atoms with Crippen molar-refractivity contribution < 1.29 is 23.2 Å². The van der Waals surface area contributed by atoms with Crippen LogP contribution < -0.4 is 5.32 Å². The van der Waals surface area contributed by atoms with Crippen molar-refractivity contribution in [2.75, 3.05) is 0 Å². The van der Waals surface area contributed by atoms with Crippen molar-refractivity contribution in [1.29, 1.82) is 0 Å².